The average molecular weight is 421 g/mol. The Kier molecular flexibility index (Phi) is 6.90. The number of ketones is 1. The summed E-state index contributed by atoms with van der Waals surface area (Å²) >= 11 is 0. The average Bonchev–Trinajstić information content (AvgIpc) is 3.06. The maximum absolute atomic E-state index is 12.7. The van der Waals surface area contributed by atoms with Crippen LogP contribution in [-0.4, -0.2) is 23.0 Å². The summed E-state index contributed by atoms with van der Waals surface area (Å²) < 4.78 is 16.3. The van der Waals surface area contributed by atoms with Gasteiger partial charge in [-0.2, -0.15) is 0 Å². The molecule has 1 aromatic heterocycles. The van der Waals surface area contributed by atoms with Gasteiger partial charge in [-0.25, -0.2) is 0 Å². The second kappa shape index (κ2) is 9.60. The molecule has 0 saturated carbocycles. The zero-order valence-corrected chi connectivity index (χ0v) is 18.5. The Bertz CT molecular complexity index is 1060. The molecule has 1 atom stereocenters. The van der Waals surface area contributed by atoms with Crippen molar-refractivity contribution in [3.8, 4) is 5.75 Å². The molecule has 0 spiro atoms. The minimum absolute atomic E-state index is 0.0779. The summed E-state index contributed by atoms with van der Waals surface area (Å²) in [6, 6.07) is 12.9. The largest absolute Gasteiger partial charge is 0.489 e. The van der Waals surface area contributed by atoms with Crippen LogP contribution >= 0.6 is 0 Å². The van der Waals surface area contributed by atoms with E-state index in [-0.39, 0.29) is 12.2 Å². The highest BCUT2D eigenvalue weighted by atomic mass is 16.5. The van der Waals surface area contributed by atoms with Crippen LogP contribution in [0.25, 0.3) is 0 Å². The summed E-state index contributed by atoms with van der Waals surface area (Å²) in [5.74, 6) is 0.769. The first-order valence-corrected chi connectivity index (χ1v) is 10.2. The number of hydrogen-bond donors (Lipinski definition) is 0. The highest BCUT2D eigenvalue weighted by Crippen LogP contribution is 2.19. The van der Waals surface area contributed by atoms with Gasteiger partial charge in [0.2, 0.25) is 5.78 Å². The maximum atomic E-state index is 12.7. The molecule has 0 fully saturated rings. The van der Waals surface area contributed by atoms with Crippen LogP contribution in [0, 0.1) is 27.7 Å². The fraction of sp³-hybridized carbons (Fsp3) is 0.320. The van der Waals surface area contributed by atoms with Gasteiger partial charge < -0.3 is 14.0 Å². The van der Waals surface area contributed by atoms with Crippen molar-refractivity contribution in [1.82, 2.24) is 5.16 Å². The van der Waals surface area contributed by atoms with E-state index in [4.69, 9.17) is 14.0 Å². The van der Waals surface area contributed by atoms with Gasteiger partial charge in [0, 0.05) is 5.56 Å². The molecule has 6 heteroatoms. The molecule has 162 valence electrons. The SMILES string of the molecule is Cc1ccc(C)c(C(=O)[C@H](C)OC(=O)Cc2ccc(OCc3c(C)noc3C)cc2)c1. The normalized spacial score (nSPS) is 11.8. The highest BCUT2D eigenvalue weighted by molar-refractivity contribution is 6.01. The number of carbonyl (C=O) groups is 2. The van der Waals surface area contributed by atoms with Gasteiger partial charge in [-0.1, -0.05) is 35.0 Å². The van der Waals surface area contributed by atoms with Crippen LogP contribution in [0.5, 0.6) is 5.75 Å². The molecule has 0 radical (unpaired) electrons. The molecule has 2 aromatic carbocycles. The number of aryl methyl sites for hydroxylation is 4. The lowest BCUT2D eigenvalue weighted by molar-refractivity contribution is -0.145. The number of aromatic nitrogens is 1. The Labute approximate surface area is 182 Å². The number of carbonyl (C=O) groups excluding carboxylic acids is 2. The van der Waals surface area contributed by atoms with Gasteiger partial charge in [0.05, 0.1) is 17.7 Å². The third-order valence-electron chi connectivity index (χ3n) is 5.17. The third kappa shape index (κ3) is 5.60. The van der Waals surface area contributed by atoms with Gasteiger partial charge in [-0.3, -0.25) is 9.59 Å². The van der Waals surface area contributed by atoms with E-state index in [1.807, 2.05) is 45.9 Å². The number of nitrogens with zero attached hydrogens (tertiary/aromatic N) is 1. The van der Waals surface area contributed by atoms with Crippen LogP contribution in [0.4, 0.5) is 0 Å². The van der Waals surface area contributed by atoms with E-state index in [0.29, 0.717) is 17.9 Å². The molecule has 0 saturated heterocycles. The number of Topliss-reactive ketones (excluding diaryl/α,β-unsaturated/α-hetero) is 1. The number of esters is 1. The first kappa shape index (κ1) is 22.3. The van der Waals surface area contributed by atoms with Crippen LogP contribution in [0.3, 0.4) is 0 Å². The lowest BCUT2D eigenvalue weighted by atomic mass is 9.99. The van der Waals surface area contributed by atoms with Crippen LogP contribution < -0.4 is 4.74 Å². The van der Waals surface area contributed by atoms with Gasteiger partial charge in [0.1, 0.15) is 18.1 Å². The predicted molar refractivity (Wildman–Crippen MR) is 116 cm³/mol. The summed E-state index contributed by atoms with van der Waals surface area (Å²) in [5, 5.41) is 3.91. The molecule has 6 nitrogen and oxygen atoms in total. The summed E-state index contributed by atoms with van der Waals surface area (Å²) in [7, 11) is 0. The Morgan fingerprint density at radius 1 is 1.03 bits per heavy atom. The fourth-order valence-corrected chi connectivity index (χ4v) is 3.25. The van der Waals surface area contributed by atoms with Crippen molar-refractivity contribution < 1.29 is 23.6 Å². The van der Waals surface area contributed by atoms with Gasteiger partial charge in [0.25, 0.3) is 0 Å². The quantitative estimate of drug-likeness (QED) is 0.382. The van der Waals surface area contributed by atoms with Crippen molar-refractivity contribution in [3.05, 3.63) is 81.7 Å². The van der Waals surface area contributed by atoms with Crippen molar-refractivity contribution in [2.45, 2.75) is 53.8 Å². The van der Waals surface area contributed by atoms with Crippen molar-refractivity contribution in [1.29, 1.82) is 0 Å². The topological polar surface area (TPSA) is 78.6 Å². The maximum Gasteiger partial charge on any atom is 0.310 e. The molecule has 3 rings (SSSR count). The Morgan fingerprint density at radius 3 is 2.39 bits per heavy atom. The number of rotatable bonds is 8. The molecule has 0 aliphatic carbocycles. The summed E-state index contributed by atoms with van der Waals surface area (Å²) in [6.07, 6.45) is -0.764. The smallest absolute Gasteiger partial charge is 0.310 e. The third-order valence-corrected chi connectivity index (χ3v) is 5.17. The Morgan fingerprint density at radius 2 is 1.74 bits per heavy atom. The summed E-state index contributed by atoms with van der Waals surface area (Å²) in [5.41, 5.74) is 4.95. The first-order valence-electron chi connectivity index (χ1n) is 10.2. The number of benzene rings is 2. The molecule has 0 bridgehead atoms. The van der Waals surface area contributed by atoms with E-state index < -0.39 is 12.1 Å². The lowest BCUT2D eigenvalue weighted by Crippen LogP contribution is -2.26. The number of hydrogen-bond acceptors (Lipinski definition) is 6. The zero-order valence-electron chi connectivity index (χ0n) is 18.5. The van der Waals surface area contributed by atoms with Crippen LogP contribution in [0.2, 0.25) is 0 Å². The van der Waals surface area contributed by atoms with E-state index in [1.54, 1.807) is 31.2 Å². The van der Waals surface area contributed by atoms with Crippen molar-refractivity contribution in [2.24, 2.45) is 0 Å². The van der Waals surface area contributed by atoms with Gasteiger partial charge in [-0.15, -0.1) is 0 Å². The molecular formula is C25H27NO5. The monoisotopic (exact) mass is 421 g/mol. The van der Waals surface area contributed by atoms with E-state index in [0.717, 1.165) is 33.7 Å². The standard InChI is InChI=1S/C25H27NO5/c1-15-6-7-16(2)22(12-15)25(28)19(5)30-24(27)13-20-8-10-21(11-9-20)29-14-23-17(3)26-31-18(23)4/h6-12,19H,13-14H2,1-5H3/t19-/m0/s1. The highest BCUT2D eigenvalue weighted by Gasteiger charge is 2.21. The zero-order chi connectivity index (χ0) is 22.5. The molecule has 0 aliphatic heterocycles. The molecule has 1 heterocycles. The fourth-order valence-electron chi connectivity index (χ4n) is 3.25. The molecular weight excluding hydrogens is 394 g/mol. The molecule has 0 unspecified atom stereocenters. The molecule has 31 heavy (non-hydrogen) atoms. The van der Waals surface area contributed by atoms with E-state index in [9.17, 15) is 9.59 Å². The minimum atomic E-state index is -0.842. The van der Waals surface area contributed by atoms with Crippen LogP contribution in [-0.2, 0) is 22.6 Å². The van der Waals surface area contributed by atoms with Crippen molar-refractivity contribution in [2.75, 3.05) is 0 Å². The second-order valence-electron chi connectivity index (χ2n) is 7.73. The first-order chi connectivity index (χ1) is 14.7. The van der Waals surface area contributed by atoms with Crippen LogP contribution in [0.15, 0.2) is 47.0 Å². The molecule has 0 aliphatic rings. The molecule has 3 aromatic rings. The summed E-state index contributed by atoms with van der Waals surface area (Å²) in [6.45, 7) is 9.48. The Balaban J connectivity index is 1.54. The second-order valence-corrected chi connectivity index (χ2v) is 7.73. The van der Waals surface area contributed by atoms with Crippen molar-refractivity contribution in [3.63, 3.8) is 0 Å². The summed E-state index contributed by atoms with van der Waals surface area (Å²) in [4.78, 5) is 25.0. The van der Waals surface area contributed by atoms with Gasteiger partial charge >= 0.3 is 5.97 Å². The minimum Gasteiger partial charge on any atom is -0.489 e. The lowest BCUT2D eigenvalue weighted by Gasteiger charge is -2.14. The van der Waals surface area contributed by atoms with Gasteiger partial charge in [0.15, 0.2) is 6.10 Å². The number of ether oxygens (including phenoxy) is 2. The van der Waals surface area contributed by atoms with Crippen molar-refractivity contribution >= 4 is 11.8 Å². The van der Waals surface area contributed by atoms with E-state index in [2.05, 4.69) is 5.16 Å². The van der Waals surface area contributed by atoms with E-state index in [1.165, 1.54) is 0 Å². The molecule has 0 amide bonds. The predicted octanol–water partition coefficient (Wildman–Crippen LogP) is 4.84. The van der Waals surface area contributed by atoms with E-state index >= 15 is 0 Å². The van der Waals surface area contributed by atoms with Crippen LogP contribution in [0.1, 0.15) is 51.0 Å². The Hall–Kier alpha value is -3.41. The molecule has 0 N–H and O–H groups in total. The van der Waals surface area contributed by atoms with Gasteiger partial charge in [-0.05, 0) is 63.9 Å².